The Bertz CT molecular complexity index is 486. The van der Waals surface area contributed by atoms with E-state index < -0.39 is 0 Å². The summed E-state index contributed by atoms with van der Waals surface area (Å²) < 4.78 is 1.91. The number of alkyl halides is 1. The Morgan fingerprint density at radius 3 is 2.73 bits per heavy atom. The van der Waals surface area contributed by atoms with Crippen LogP contribution in [0.15, 0.2) is 34.7 Å². The lowest BCUT2D eigenvalue weighted by Gasteiger charge is -2.01. The van der Waals surface area contributed by atoms with E-state index in [2.05, 4.69) is 4.98 Å². The van der Waals surface area contributed by atoms with Gasteiger partial charge in [0.2, 0.25) is 0 Å². The van der Waals surface area contributed by atoms with E-state index in [1.54, 1.807) is 23.7 Å². The zero-order chi connectivity index (χ0) is 10.7. The molecule has 0 aliphatic carbocycles. The zero-order valence-corrected chi connectivity index (χ0v) is 9.46. The minimum absolute atomic E-state index is 0.0202. The molecule has 2 heterocycles. The molecular weight excluding hydrogens is 232 g/mol. The van der Waals surface area contributed by atoms with E-state index in [4.69, 9.17) is 11.6 Å². The molecule has 0 fully saturated rings. The van der Waals surface area contributed by atoms with Crippen LogP contribution in [0.4, 0.5) is 0 Å². The van der Waals surface area contributed by atoms with Crippen LogP contribution in [0.3, 0.4) is 0 Å². The first-order valence-corrected chi connectivity index (χ1v) is 5.85. The Kier molecular flexibility index (Phi) is 3.18. The molecule has 0 aliphatic heterocycles. The smallest absolute Gasteiger partial charge is 0.181 e. The molecule has 0 amide bonds. The van der Waals surface area contributed by atoms with Crippen LogP contribution in [0.1, 0.15) is 10.7 Å². The van der Waals surface area contributed by atoms with Crippen molar-refractivity contribution in [3.05, 3.63) is 50.8 Å². The number of halogens is 1. The van der Waals surface area contributed by atoms with Gasteiger partial charge in [-0.25, -0.2) is 4.98 Å². The molecule has 0 spiro atoms. The lowest BCUT2D eigenvalue weighted by atomic mass is 10.4. The minimum atomic E-state index is 0.0202. The highest BCUT2D eigenvalue weighted by atomic mass is 35.5. The van der Waals surface area contributed by atoms with Gasteiger partial charge >= 0.3 is 0 Å². The average Bonchev–Trinajstić information content (AvgIpc) is 2.69. The number of thiazole rings is 1. The minimum Gasteiger partial charge on any atom is -0.347 e. The lowest BCUT2D eigenvalue weighted by Crippen LogP contribution is -2.04. The van der Waals surface area contributed by atoms with Crippen LogP contribution in [0, 0.1) is 0 Å². The Morgan fingerprint density at radius 2 is 2.13 bits per heavy atom. The maximum atomic E-state index is 10.9. The SMILES string of the molecule is O=c1ccn(Cc2nc(CCl)cs2)cc1. The van der Waals surface area contributed by atoms with Crippen molar-refractivity contribution in [3.63, 3.8) is 0 Å². The first-order valence-electron chi connectivity index (χ1n) is 4.43. The fourth-order valence-electron chi connectivity index (χ4n) is 1.19. The number of aromatic nitrogens is 2. The van der Waals surface area contributed by atoms with Crippen LogP contribution < -0.4 is 5.43 Å². The Balaban J connectivity index is 2.14. The van der Waals surface area contributed by atoms with Crippen LogP contribution in [0.2, 0.25) is 0 Å². The quantitative estimate of drug-likeness (QED) is 0.770. The van der Waals surface area contributed by atoms with Crippen molar-refractivity contribution in [3.8, 4) is 0 Å². The fraction of sp³-hybridized carbons (Fsp3) is 0.200. The molecule has 2 aromatic rings. The lowest BCUT2D eigenvalue weighted by molar-refractivity contribution is 0.779. The van der Waals surface area contributed by atoms with Crippen LogP contribution in [0.25, 0.3) is 0 Å². The largest absolute Gasteiger partial charge is 0.347 e. The second-order valence-corrected chi connectivity index (χ2v) is 4.28. The number of pyridine rings is 1. The molecule has 0 radical (unpaired) electrons. The molecule has 5 heteroatoms. The molecule has 78 valence electrons. The van der Waals surface area contributed by atoms with Gasteiger partial charge < -0.3 is 4.57 Å². The van der Waals surface area contributed by atoms with Gasteiger partial charge in [0.25, 0.3) is 0 Å². The predicted octanol–water partition coefficient (Wildman–Crippen LogP) is 2.09. The second-order valence-electron chi connectivity index (χ2n) is 3.07. The topological polar surface area (TPSA) is 34.9 Å². The van der Waals surface area contributed by atoms with Gasteiger partial charge in [-0.15, -0.1) is 22.9 Å². The molecule has 0 aromatic carbocycles. The van der Waals surface area contributed by atoms with Crippen molar-refractivity contribution in [2.75, 3.05) is 0 Å². The van der Waals surface area contributed by atoms with Crippen LogP contribution in [-0.2, 0) is 12.4 Å². The number of nitrogens with zero attached hydrogens (tertiary/aromatic N) is 2. The molecule has 0 N–H and O–H groups in total. The predicted molar refractivity (Wildman–Crippen MR) is 61.5 cm³/mol. The van der Waals surface area contributed by atoms with Crippen molar-refractivity contribution in [1.82, 2.24) is 9.55 Å². The first kappa shape index (κ1) is 10.4. The van der Waals surface area contributed by atoms with E-state index in [-0.39, 0.29) is 5.43 Å². The van der Waals surface area contributed by atoms with Gasteiger partial charge in [0.1, 0.15) is 5.01 Å². The first-order chi connectivity index (χ1) is 7.28. The van der Waals surface area contributed by atoms with E-state index in [9.17, 15) is 4.79 Å². The molecule has 0 saturated carbocycles. The normalized spacial score (nSPS) is 10.5. The summed E-state index contributed by atoms with van der Waals surface area (Å²) in [5.74, 6) is 0.445. The van der Waals surface area contributed by atoms with E-state index in [0.29, 0.717) is 12.4 Å². The zero-order valence-electron chi connectivity index (χ0n) is 7.89. The molecule has 0 bridgehead atoms. The highest BCUT2D eigenvalue weighted by Gasteiger charge is 2.00. The molecule has 15 heavy (non-hydrogen) atoms. The maximum Gasteiger partial charge on any atom is 0.181 e. The van der Waals surface area contributed by atoms with Gasteiger partial charge in [-0.2, -0.15) is 0 Å². The van der Waals surface area contributed by atoms with Gasteiger partial charge in [0, 0.05) is 29.9 Å². The fourth-order valence-corrected chi connectivity index (χ4v) is 2.22. The number of hydrogen-bond acceptors (Lipinski definition) is 3. The van der Waals surface area contributed by atoms with Gasteiger partial charge in [0.05, 0.1) is 18.1 Å². The third-order valence-corrected chi connectivity index (χ3v) is 3.07. The third-order valence-electron chi connectivity index (χ3n) is 1.91. The van der Waals surface area contributed by atoms with Gasteiger partial charge in [0.15, 0.2) is 5.43 Å². The molecule has 0 unspecified atom stereocenters. The number of rotatable bonds is 3. The number of hydrogen-bond donors (Lipinski definition) is 0. The molecule has 2 aromatic heterocycles. The van der Waals surface area contributed by atoms with Crippen molar-refractivity contribution in [2.45, 2.75) is 12.4 Å². The molecular formula is C10H9ClN2OS. The van der Waals surface area contributed by atoms with E-state index >= 15 is 0 Å². The third kappa shape index (κ3) is 2.67. The van der Waals surface area contributed by atoms with Crippen LogP contribution in [0.5, 0.6) is 0 Å². The van der Waals surface area contributed by atoms with E-state index in [1.807, 2.05) is 9.95 Å². The highest BCUT2D eigenvalue weighted by Crippen LogP contribution is 2.12. The molecule has 0 aliphatic rings. The van der Waals surface area contributed by atoms with E-state index in [0.717, 1.165) is 10.7 Å². The van der Waals surface area contributed by atoms with Gasteiger partial charge in [-0.3, -0.25) is 4.79 Å². The van der Waals surface area contributed by atoms with Crippen molar-refractivity contribution >= 4 is 22.9 Å². The summed E-state index contributed by atoms with van der Waals surface area (Å²) in [4.78, 5) is 15.2. The van der Waals surface area contributed by atoms with Crippen molar-refractivity contribution in [2.24, 2.45) is 0 Å². The monoisotopic (exact) mass is 240 g/mol. The van der Waals surface area contributed by atoms with Crippen LogP contribution in [-0.4, -0.2) is 9.55 Å². The molecule has 3 nitrogen and oxygen atoms in total. The Morgan fingerprint density at radius 1 is 1.40 bits per heavy atom. The second kappa shape index (κ2) is 4.59. The summed E-state index contributed by atoms with van der Waals surface area (Å²) in [6.45, 7) is 0.682. The maximum absolute atomic E-state index is 10.9. The summed E-state index contributed by atoms with van der Waals surface area (Å²) in [6.07, 6.45) is 3.51. The Labute approximate surface area is 96.0 Å². The van der Waals surface area contributed by atoms with Gasteiger partial charge in [-0.05, 0) is 0 Å². The highest BCUT2D eigenvalue weighted by molar-refractivity contribution is 7.09. The van der Waals surface area contributed by atoms with Gasteiger partial charge in [-0.1, -0.05) is 0 Å². The summed E-state index contributed by atoms with van der Waals surface area (Å²) in [5.41, 5.74) is 0.921. The molecule has 0 saturated heterocycles. The van der Waals surface area contributed by atoms with Crippen molar-refractivity contribution < 1.29 is 0 Å². The summed E-state index contributed by atoms with van der Waals surface area (Å²) >= 11 is 7.24. The molecule has 2 rings (SSSR count). The van der Waals surface area contributed by atoms with E-state index in [1.165, 1.54) is 12.1 Å². The van der Waals surface area contributed by atoms with Crippen LogP contribution >= 0.6 is 22.9 Å². The molecule has 0 atom stereocenters. The summed E-state index contributed by atoms with van der Waals surface area (Å²) in [7, 11) is 0. The van der Waals surface area contributed by atoms with Crippen molar-refractivity contribution in [1.29, 1.82) is 0 Å². The standard InChI is InChI=1S/C10H9ClN2OS/c11-5-8-7-15-10(12-8)6-13-3-1-9(14)2-4-13/h1-4,7H,5-6H2. The average molecular weight is 241 g/mol. The Hall–Kier alpha value is -1.13. The summed E-state index contributed by atoms with van der Waals surface area (Å²) in [6, 6.07) is 3.08. The summed E-state index contributed by atoms with van der Waals surface area (Å²) in [5, 5.41) is 2.94.